The van der Waals surface area contributed by atoms with Gasteiger partial charge in [-0.2, -0.15) is 0 Å². The highest BCUT2D eigenvalue weighted by molar-refractivity contribution is 7.10. The molecule has 0 unspecified atom stereocenters. The Hall–Kier alpha value is -0.630. The van der Waals surface area contributed by atoms with Gasteiger partial charge in [0.1, 0.15) is 0 Å². The van der Waals surface area contributed by atoms with E-state index in [2.05, 4.69) is 13.8 Å². The molecule has 1 heterocycles. The molecule has 0 aromatic carbocycles. The smallest absolute Gasteiger partial charge is 0.169 e. The summed E-state index contributed by atoms with van der Waals surface area (Å²) in [7, 11) is 0. The summed E-state index contributed by atoms with van der Waals surface area (Å²) < 4.78 is 0. The molecule has 0 amide bonds. The molecule has 0 bridgehead atoms. The molecule has 76 valence electrons. The number of carbonyl (C=O) groups excluding carboxylic acids is 1. The van der Waals surface area contributed by atoms with Gasteiger partial charge in [-0.05, 0) is 25.8 Å². The first-order valence-electron chi connectivity index (χ1n) is 5.22. The van der Waals surface area contributed by atoms with Crippen molar-refractivity contribution in [2.45, 2.75) is 39.5 Å². The molecule has 1 aliphatic rings. The first-order valence-corrected chi connectivity index (χ1v) is 6.10. The quantitative estimate of drug-likeness (QED) is 0.675. The van der Waals surface area contributed by atoms with Crippen LogP contribution in [0.1, 0.15) is 47.8 Å². The van der Waals surface area contributed by atoms with Gasteiger partial charge in [-0.1, -0.05) is 19.8 Å². The van der Waals surface area contributed by atoms with E-state index in [1.165, 1.54) is 17.7 Å². The summed E-state index contributed by atoms with van der Waals surface area (Å²) in [6, 6.07) is 2.02. The van der Waals surface area contributed by atoms with E-state index < -0.39 is 0 Å². The molecule has 1 aromatic heterocycles. The zero-order chi connectivity index (χ0) is 10.2. The molecule has 0 aliphatic heterocycles. The van der Waals surface area contributed by atoms with Crippen LogP contribution in [-0.2, 0) is 0 Å². The van der Waals surface area contributed by atoms with Crippen LogP contribution >= 0.6 is 11.3 Å². The number of thiophene rings is 1. The average Bonchev–Trinajstić information content (AvgIpc) is 2.74. The van der Waals surface area contributed by atoms with Crippen LogP contribution in [0.2, 0.25) is 0 Å². The van der Waals surface area contributed by atoms with Crippen molar-refractivity contribution >= 4 is 17.1 Å². The molecule has 2 heteroatoms. The van der Waals surface area contributed by atoms with Crippen LogP contribution in [0, 0.1) is 12.3 Å². The number of hydrogen-bond acceptors (Lipinski definition) is 2. The lowest BCUT2D eigenvalue weighted by atomic mass is 9.81. The zero-order valence-corrected chi connectivity index (χ0v) is 9.62. The minimum atomic E-state index is -0.0620. The maximum atomic E-state index is 12.2. The van der Waals surface area contributed by atoms with Crippen LogP contribution in [0.25, 0.3) is 0 Å². The van der Waals surface area contributed by atoms with Crippen LogP contribution in [0.4, 0.5) is 0 Å². The first-order chi connectivity index (χ1) is 6.62. The number of ketones is 1. The van der Waals surface area contributed by atoms with E-state index in [-0.39, 0.29) is 5.41 Å². The van der Waals surface area contributed by atoms with Gasteiger partial charge in [0, 0.05) is 21.2 Å². The van der Waals surface area contributed by atoms with E-state index in [0.29, 0.717) is 5.78 Å². The summed E-state index contributed by atoms with van der Waals surface area (Å²) in [5.74, 6) is 0.361. The highest BCUT2D eigenvalue weighted by atomic mass is 32.1. The third-order valence-electron chi connectivity index (χ3n) is 3.25. The maximum absolute atomic E-state index is 12.2. The van der Waals surface area contributed by atoms with Crippen LogP contribution < -0.4 is 0 Å². The third kappa shape index (κ3) is 1.63. The van der Waals surface area contributed by atoms with Gasteiger partial charge in [0.05, 0.1) is 0 Å². The fourth-order valence-corrected chi connectivity index (χ4v) is 2.98. The Morgan fingerprint density at radius 2 is 2.07 bits per heavy atom. The lowest BCUT2D eigenvalue weighted by molar-refractivity contribution is 0.0824. The second kappa shape index (κ2) is 3.50. The number of rotatable bonds is 2. The number of carbonyl (C=O) groups is 1. The van der Waals surface area contributed by atoms with Gasteiger partial charge in [-0.15, -0.1) is 11.3 Å². The van der Waals surface area contributed by atoms with Crippen molar-refractivity contribution in [3.8, 4) is 0 Å². The monoisotopic (exact) mass is 208 g/mol. The Kier molecular flexibility index (Phi) is 2.48. The van der Waals surface area contributed by atoms with Crippen molar-refractivity contribution in [2.24, 2.45) is 5.41 Å². The Morgan fingerprint density at radius 1 is 1.43 bits per heavy atom. The van der Waals surface area contributed by atoms with E-state index in [0.717, 1.165) is 18.4 Å². The summed E-state index contributed by atoms with van der Waals surface area (Å²) in [6.45, 7) is 4.17. The van der Waals surface area contributed by atoms with Gasteiger partial charge in [0.15, 0.2) is 5.78 Å². The van der Waals surface area contributed by atoms with Crippen molar-refractivity contribution in [1.82, 2.24) is 0 Å². The molecular weight excluding hydrogens is 192 g/mol. The van der Waals surface area contributed by atoms with E-state index in [1.807, 2.05) is 11.4 Å². The molecule has 2 rings (SSSR count). The highest BCUT2D eigenvalue weighted by Gasteiger charge is 2.36. The summed E-state index contributed by atoms with van der Waals surface area (Å²) in [4.78, 5) is 13.4. The lowest BCUT2D eigenvalue weighted by Crippen LogP contribution is -2.23. The first kappa shape index (κ1) is 9.91. The minimum absolute atomic E-state index is 0.0620. The molecule has 1 aliphatic carbocycles. The Bertz CT molecular complexity index is 345. The second-order valence-electron chi connectivity index (χ2n) is 4.54. The van der Waals surface area contributed by atoms with Gasteiger partial charge >= 0.3 is 0 Å². The summed E-state index contributed by atoms with van der Waals surface area (Å²) in [5.41, 5.74) is 0.866. The number of aryl methyl sites for hydroxylation is 1. The van der Waals surface area contributed by atoms with Crippen molar-refractivity contribution in [3.05, 3.63) is 21.9 Å². The van der Waals surface area contributed by atoms with Gasteiger partial charge < -0.3 is 0 Å². The summed E-state index contributed by atoms with van der Waals surface area (Å²) in [6.07, 6.45) is 4.57. The predicted octanol–water partition coefficient (Wildman–Crippen LogP) is 3.82. The molecule has 0 N–H and O–H groups in total. The lowest BCUT2D eigenvalue weighted by Gasteiger charge is -2.20. The predicted molar refractivity (Wildman–Crippen MR) is 60.0 cm³/mol. The molecule has 0 spiro atoms. The van der Waals surface area contributed by atoms with E-state index in [1.54, 1.807) is 11.3 Å². The molecule has 1 fully saturated rings. The highest BCUT2D eigenvalue weighted by Crippen LogP contribution is 2.40. The molecule has 1 nitrogen and oxygen atoms in total. The average molecular weight is 208 g/mol. The second-order valence-corrected chi connectivity index (χ2v) is 5.66. The summed E-state index contributed by atoms with van der Waals surface area (Å²) >= 11 is 1.67. The zero-order valence-electron chi connectivity index (χ0n) is 8.80. The standard InChI is InChI=1S/C12H16OS/c1-9-7-10(8-14-9)11(13)12(2)5-3-4-6-12/h7-8H,3-6H2,1-2H3. The number of hydrogen-bond donors (Lipinski definition) is 0. The molecule has 1 aromatic rings. The van der Waals surface area contributed by atoms with Crippen molar-refractivity contribution in [2.75, 3.05) is 0 Å². The van der Waals surface area contributed by atoms with Crippen LogP contribution in [-0.4, -0.2) is 5.78 Å². The normalized spacial score (nSPS) is 19.9. The van der Waals surface area contributed by atoms with Crippen molar-refractivity contribution in [3.63, 3.8) is 0 Å². The fraction of sp³-hybridized carbons (Fsp3) is 0.583. The van der Waals surface area contributed by atoms with E-state index in [4.69, 9.17) is 0 Å². The SMILES string of the molecule is Cc1cc(C(=O)C2(C)CCCC2)cs1. The van der Waals surface area contributed by atoms with Crippen molar-refractivity contribution < 1.29 is 4.79 Å². The van der Waals surface area contributed by atoms with Crippen molar-refractivity contribution in [1.29, 1.82) is 0 Å². The van der Waals surface area contributed by atoms with Crippen LogP contribution in [0.15, 0.2) is 11.4 Å². The molecule has 0 saturated heterocycles. The fourth-order valence-electron chi connectivity index (χ4n) is 2.29. The van der Waals surface area contributed by atoms with Gasteiger partial charge in [0.25, 0.3) is 0 Å². The Labute approximate surface area is 89.1 Å². The molecule has 0 radical (unpaired) electrons. The Morgan fingerprint density at radius 3 is 2.57 bits per heavy atom. The van der Waals surface area contributed by atoms with Gasteiger partial charge in [-0.25, -0.2) is 0 Å². The van der Waals surface area contributed by atoms with Crippen LogP contribution in [0.3, 0.4) is 0 Å². The van der Waals surface area contributed by atoms with Gasteiger partial charge in [-0.3, -0.25) is 4.79 Å². The van der Waals surface area contributed by atoms with Gasteiger partial charge in [0.2, 0.25) is 0 Å². The molecular formula is C12H16OS. The Balaban J connectivity index is 2.23. The minimum Gasteiger partial charge on any atom is -0.294 e. The molecule has 14 heavy (non-hydrogen) atoms. The third-order valence-corrected chi connectivity index (χ3v) is 4.11. The largest absolute Gasteiger partial charge is 0.294 e. The maximum Gasteiger partial charge on any atom is 0.169 e. The topological polar surface area (TPSA) is 17.1 Å². The van der Waals surface area contributed by atoms with E-state index >= 15 is 0 Å². The molecule has 1 saturated carbocycles. The summed E-state index contributed by atoms with van der Waals surface area (Å²) in [5, 5.41) is 2.00. The van der Waals surface area contributed by atoms with Crippen LogP contribution in [0.5, 0.6) is 0 Å². The van der Waals surface area contributed by atoms with E-state index in [9.17, 15) is 4.79 Å². The number of Topliss-reactive ketones (excluding diaryl/α,β-unsaturated/α-hetero) is 1. The molecule has 0 atom stereocenters.